The number of methoxy groups -OCH3 is 1. The first-order valence-electron chi connectivity index (χ1n) is 5.42. The molecule has 0 aromatic carbocycles. The van der Waals surface area contributed by atoms with Crippen molar-refractivity contribution >= 4 is 17.5 Å². The number of esters is 1. The van der Waals surface area contributed by atoms with Crippen LogP contribution in [0.1, 0.15) is 31.3 Å². The van der Waals surface area contributed by atoms with Gasteiger partial charge in [0.05, 0.1) is 12.8 Å². The minimum Gasteiger partial charge on any atom is -0.464 e. The van der Waals surface area contributed by atoms with E-state index in [0.29, 0.717) is 11.5 Å². The Balaban J connectivity index is 2.87. The highest BCUT2D eigenvalue weighted by Gasteiger charge is 2.13. The zero-order chi connectivity index (χ0) is 13.1. The molecule has 94 valence electrons. The third kappa shape index (κ3) is 3.94. The lowest BCUT2D eigenvalue weighted by molar-refractivity contribution is 0.0594. The van der Waals surface area contributed by atoms with Crippen LogP contribution in [0.4, 0.5) is 11.5 Å². The van der Waals surface area contributed by atoms with Crippen LogP contribution in [0.5, 0.6) is 0 Å². The first-order chi connectivity index (χ1) is 7.83. The van der Waals surface area contributed by atoms with Crippen LogP contribution < -0.4 is 11.1 Å². The van der Waals surface area contributed by atoms with Crippen molar-refractivity contribution in [3.63, 3.8) is 0 Å². The molecule has 0 aliphatic heterocycles. The van der Waals surface area contributed by atoms with Crippen molar-refractivity contribution in [3.8, 4) is 0 Å². The van der Waals surface area contributed by atoms with Crippen molar-refractivity contribution in [2.24, 2.45) is 5.41 Å². The molecule has 1 rings (SSSR count). The molecule has 0 radical (unpaired) electrons. The summed E-state index contributed by atoms with van der Waals surface area (Å²) in [6, 6.07) is 3.19. The quantitative estimate of drug-likeness (QED) is 0.785. The van der Waals surface area contributed by atoms with E-state index in [1.807, 2.05) is 0 Å². The zero-order valence-corrected chi connectivity index (χ0v) is 10.7. The summed E-state index contributed by atoms with van der Waals surface area (Å²) < 4.78 is 4.61. The number of rotatable bonds is 3. The zero-order valence-electron chi connectivity index (χ0n) is 10.7. The van der Waals surface area contributed by atoms with E-state index in [0.717, 1.165) is 6.54 Å². The Hall–Kier alpha value is -1.78. The topological polar surface area (TPSA) is 77.2 Å². The van der Waals surface area contributed by atoms with Gasteiger partial charge in [-0.3, -0.25) is 0 Å². The molecule has 0 aliphatic rings. The molecule has 0 saturated carbocycles. The fourth-order valence-corrected chi connectivity index (χ4v) is 1.18. The number of anilines is 2. The van der Waals surface area contributed by atoms with E-state index >= 15 is 0 Å². The second-order valence-electron chi connectivity index (χ2n) is 5.04. The van der Waals surface area contributed by atoms with E-state index in [2.05, 4.69) is 35.8 Å². The van der Waals surface area contributed by atoms with Crippen LogP contribution in [-0.2, 0) is 4.74 Å². The number of aromatic nitrogens is 1. The van der Waals surface area contributed by atoms with Gasteiger partial charge in [0.25, 0.3) is 0 Å². The molecule has 5 nitrogen and oxygen atoms in total. The van der Waals surface area contributed by atoms with Crippen LogP contribution in [0.15, 0.2) is 12.1 Å². The van der Waals surface area contributed by atoms with Gasteiger partial charge < -0.3 is 15.8 Å². The van der Waals surface area contributed by atoms with Gasteiger partial charge in [-0.25, -0.2) is 9.78 Å². The number of hydrogen-bond donors (Lipinski definition) is 2. The number of nitrogen functional groups attached to an aromatic ring is 1. The predicted molar refractivity (Wildman–Crippen MR) is 67.9 cm³/mol. The maximum absolute atomic E-state index is 11.3. The summed E-state index contributed by atoms with van der Waals surface area (Å²) in [5.74, 6) is 0.0478. The summed E-state index contributed by atoms with van der Waals surface area (Å²) in [5.41, 5.74) is 6.65. The molecule has 0 atom stereocenters. The molecule has 17 heavy (non-hydrogen) atoms. The predicted octanol–water partition coefficient (Wildman–Crippen LogP) is 1.91. The average Bonchev–Trinajstić information content (AvgIpc) is 2.26. The van der Waals surface area contributed by atoms with Crippen LogP contribution in [0, 0.1) is 5.41 Å². The van der Waals surface area contributed by atoms with E-state index in [9.17, 15) is 4.79 Å². The number of hydrogen-bond acceptors (Lipinski definition) is 5. The Labute approximate surface area is 101 Å². The summed E-state index contributed by atoms with van der Waals surface area (Å²) in [5, 5.41) is 3.13. The molecular weight excluding hydrogens is 218 g/mol. The number of pyridine rings is 1. The molecule has 0 saturated heterocycles. The number of nitrogens with one attached hydrogen (secondary N) is 1. The molecule has 0 fully saturated rings. The first kappa shape index (κ1) is 13.3. The van der Waals surface area contributed by atoms with Gasteiger partial charge in [-0.1, -0.05) is 20.8 Å². The summed E-state index contributed by atoms with van der Waals surface area (Å²) in [4.78, 5) is 15.5. The van der Waals surface area contributed by atoms with Crippen LogP contribution in [0.25, 0.3) is 0 Å². The molecule has 1 aromatic heterocycles. The third-order valence-corrected chi connectivity index (χ3v) is 2.11. The maximum atomic E-state index is 11.3. The Morgan fingerprint density at radius 3 is 2.65 bits per heavy atom. The van der Waals surface area contributed by atoms with Crippen molar-refractivity contribution in [1.29, 1.82) is 0 Å². The number of ether oxygens (including phenoxy) is 1. The SMILES string of the molecule is COC(=O)c1ccc(N)c(NCC(C)(C)C)n1. The Morgan fingerprint density at radius 1 is 1.47 bits per heavy atom. The molecule has 1 aromatic rings. The van der Waals surface area contributed by atoms with Crippen molar-refractivity contribution < 1.29 is 9.53 Å². The van der Waals surface area contributed by atoms with E-state index in [1.54, 1.807) is 12.1 Å². The number of nitrogens with zero attached hydrogens (tertiary/aromatic N) is 1. The maximum Gasteiger partial charge on any atom is 0.356 e. The van der Waals surface area contributed by atoms with Gasteiger partial charge in [0.2, 0.25) is 0 Å². The molecule has 5 heteroatoms. The van der Waals surface area contributed by atoms with Gasteiger partial charge in [-0.2, -0.15) is 0 Å². The minimum atomic E-state index is -0.469. The highest BCUT2D eigenvalue weighted by Crippen LogP contribution is 2.19. The van der Waals surface area contributed by atoms with Crippen molar-refractivity contribution in [3.05, 3.63) is 17.8 Å². The van der Waals surface area contributed by atoms with Gasteiger partial charge in [-0.05, 0) is 17.5 Å². The summed E-state index contributed by atoms with van der Waals surface area (Å²) in [7, 11) is 1.32. The van der Waals surface area contributed by atoms with Gasteiger partial charge in [0.15, 0.2) is 5.69 Å². The van der Waals surface area contributed by atoms with Crippen LogP contribution in [0.3, 0.4) is 0 Å². The molecule has 0 unspecified atom stereocenters. The summed E-state index contributed by atoms with van der Waals surface area (Å²) in [6.07, 6.45) is 0. The third-order valence-electron chi connectivity index (χ3n) is 2.11. The molecule has 0 bridgehead atoms. The molecular formula is C12H19N3O2. The lowest BCUT2D eigenvalue weighted by Crippen LogP contribution is -2.21. The number of nitrogens with two attached hydrogens (primary N) is 1. The Bertz CT molecular complexity index is 411. The summed E-state index contributed by atoms with van der Waals surface area (Å²) >= 11 is 0. The second-order valence-corrected chi connectivity index (χ2v) is 5.04. The molecule has 0 amide bonds. The first-order valence-corrected chi connectivity index (χ1v) is 5.42. The Morgan fingerprint density at radius 2 is 2.12 bits per heavy atom. The van der Waals surface area contributed by atoms with E-state index in [1.165, 1.54) is 7.11 Å². The normalized spacial score (nSPS) is 11.1. The second kappa shape index (κ2) is 5.03. The van der Waals surface area contributed by atoms with Crippen molar-refractivity contribution in [1.82, 2.24) is 4.98 Å². The fraction of sp³-hybridized carbons (Fsp3) is 0.500. The average molecular weight is 237 g/mol. The van der Waals surface area contributed by atoms with Gasteiger partial charge >= 0.3 is 5.97 Å². The number of carbonyl (C=O) groups is 1. The van der Waals surface area contributed by atoms with E-state index < -0.39 is 5.97 Å². The molecule has 0 aliphatic carbocycles. The van der Waals surface area contributed by atoms with Crippen LogP contribution >= 0.6 is 0 Å². The highest BCUT2D eigenvalue weighted by atomic mass is 16.5. The van der Waals surface area contributed by atoms with E-state index in [-0.39, 0.29) is 11.1 Å². The van der Waals surface area contributed by atoms with Crippen molar-refractivity contribution in [2.75, 3.05) is 24.7 Å². The van der Waals surface area contributed by atoms with Crippen LogP contribution in [-0.4, -0.2) is 24.6 Å². The molecule has 0 spiro atoms. The van der Waals surface area contributed by atoms with Gasteiger partial charge in [-0.15, -0.1) is 0 Å². The molecule has 1 heterocycles. The fourth-order valence-electron chi connectivity index (χ4n) is 1.18. The van der Waals surface area contributed by atoms with Gasteiger partial charge in [0.1, 0.15) is 5.82 Å². The van der Waals surface area contributed by atoms with Crippen molar-refractivity contribution in [2.45, 2.75) is 20.8 Å². The largest absolute Gasteiger partial charge is 0.464 e. The monoisotopic (exact) mass is 237 g/mol. The van der Waals surface area contributed by atoms with Gasteiger partial charge in [0, 0.05) is 6.54 Å². The highest BCUT2D eigenvalue weighted by molar-refractivity contribution is 5.88. The lowest BCUT2D eigenvalue weighted by atomic mass is 9.97. The number of carbonyl (C=O) groups excluding carboxylic acids is 1. The minimum absolute atomic E-state index is 0.107. The smallest absolute Gasteiger partial charge is 0.356 e. The van der Waals surface area contributed by atoms with Crippen LogP contribution in [0.2, 0.25) is 0 Å². The lowest BCUT2D eigenvalue weighted by Gasteiger charge is -2.20. The Kier molecular flexibility index (Phi) is 3.93. The molecule has 3 N–H and O–H groups in total. The standard InChI is InChI=1S/C12H19N3O2/c1-12(2,3)7-14-10-8(13)5-6-9(15-10)11(16)17-4/h5-6H,7,13H2,1-4H3,(H,14,15). The summed E-state index contributed by atoms with van der Waals surface area (Å²) in [6.45, 7) is 7.01. The van der Waals surface area contributed by atoms with E-state index in [4.69, 9.17) is 5.73 Å².